The highest BCUT2D eigenvalue weighted by Gasteiger charge is 1.79. The smallest absolute Gasteiger partial charge is 0.00578 e. The van der Waals surface area contributed by atoms with Crippen LogP contribution in [0.5, 0.6) is 0 Å². The van der Waals surface area contributed by atoms with Crippen LogP contribution in [-0.4, -0.2) is 30.0 Å². The van der Waals surface area contributed by atoms with Crippen LogP contribution >= 0.6 is 0 Å². The minimum absolute atomic E-state index is 0. The van der Waals surface area contributed by atoms with Crippen LogP contribution in [0.2, 0.25) is 0 Å². The standard InChI is InChI=1S/C5H11N.H4Si/c1-5(2)6(3)4;/h1H2,2-4H3;1H4. The Morgan fingerprint density at radius 3 is 1.57 bits per heavy atom. The number of rotatable bonds is 1. The van der Waals surface area contributed by atoms with E-state index in [0.29, 0.717) is 0 Å². The topological polar surface area (TPSA) is 3.24 Å². The Morgan fingerprint density at radius 2 is 1.57 bits per heavy atom. The van der Waals surface area contributed by atoms with E-state index in [4.69, 9.17) is 0 Å². The Morgan fingerprint density at radius 1 is 1.43 bits per heavy atom. The van der Waals surface area contributed by atoms with Gasteiger partial charge in [-0.1, -0.05) is 6.58 Å². The van der Waals surface area contributed by atoms with Crippen molar-refractivity contribution in [3.8, 4) is 0 Å². The fraction of sp³-hybridized carbons (Fsp3) is 0.600. The SMILES string of the molecule is C=C(C)N(C)C.[SiH4]. The van der Waals surface area contributed by atoms with E-state index in [2.05, 4.69) is 6.58 Å². The third kappa shape index (κ3) is 5.76. The van der Waals surface area contributed by atoms with Gasteiger partial charge in [0.1, 0.15) is 0 Å². The lowest BCUT2D eigenvalue weighted by Crippen LogP contribution is -2.05. The summed E-state index contributed by atoms with van der Waals surface area (Å²) >= 11 is 0. The molecule has 0 fully saturated rings. The predicted octanol–water partition coefficient (Wildman–Crippen LogP) is -0.370. The Labute approximate surface area is 50.0 Å². The van der Waals surface area contributed by atoms with Gasteiger partial charge < -0.3 is 4.90 Å². The van der Waals surface area contributed by atoms with Crippen molar-refractivity contribution in [2.75, 3.05) is 14.1 Å². The van der Waals surface area contributed by atoms with Crippen LogP contribution in [0.25, 0.3) is 0 Å². The van der Waals surface area contributed by atoms with Crippen molar-refractivity contribution < 1.29 is 0 Å². The van der Waals surface area contributed by atoms with Crippen molar-refractivity contribution in [1.29, 1.82) is 0 Å². The van der Waals surface area contributed by atoms with E-state index < -0.39 is 0 Å². The fourth-order valence-electron chi connectivity index (χ4n) is 0. The molecule has 0 saturated heterocycles. The predicted molar refractivity (Wildman–Crippen MR) is 39.8 cm³/mol. The monoisotopic (exact) mass is 117 g/mol. The fourth-order valence-corrected chi connectivity index (χ4v) is 0. The van der Waals surface area contributed by atoms with Crippen molar-refractivity contribution in [1.82, 2.24) is 4.90 Å². The molecule has 0 aliphatic carbocycles. The molecule has 0 rings (SSSR count). The summed E-state index contributed by atoms with van der Waals surface area (Å²) < 4.78 is 0. The van der Waals surface area contributed by atoms with E-state index in [9.17, 15) is 0 Å². The summed E-state index contributed by atoms with van der Waals surface area (Å²) in [6.45, 7) is 5.65. The molecule has 44 valence electrons. The molecule has 7 heavy (non-hydrogen) atoms. The number of hydrogen-bond acceptors (Lipinski definition) is 1. The molecule has 0 aromatic rings. The summed E-state index contributed by atoms with van der Waals surface area (Å²) in [6.07, 6.45) is 0. The molecular formula is C5H15NSi. The lowest BCUT2D eigenvalue weighted by molar-refractivity contribution is 0.516. The highest BCUT2D eigenvalue weighted by Crippen LogP contribution is 1.86. The van der Waals surface area contributed by atoms with Crippen LogP contribution in [0.4, 0.5) is 0 Å². The second-order valence-corrected chi connectivity index (χ2v) is 1.63. The molecule has 2 heteroatoms. The van der Waals surface area contributed by atoms with Gasteiger partial charge >= 0.3 is 0 Å². The molecule has 0 aliphatic rings. The first-order chi connectivity index (χ1) is 2.64. The van der Waals surface area contributed by atoms with E-state index in [0.717, 1.165) is 5.70 Å². The second-order valence-electron chi connectivity index (χ2n) is 1.63. The molecule has 0 bridgehead atoms. The van der Waals surface area contributed by atoms with Crippen LogP contribution in [0, 0.1) is 0 Å². The van der Waals surface area contributed by atoms with Gasteiger partial charge in [-0.2, -0.15) is 0 Å². The first-order valence-corrected chi connectivity index (χ1v) is 1.97. The average molecular weight is 117 g/mol. The molecule has 1 nitrogen and oxygen atoms in total. The molecular weight excluding hydrogens is 102 g/mol. The van der Waals surface area contributed by atoms with Gasteiger partial charge in [0, 0.05) is 19.8 Å². The maximum absolute atomic E-state index is 3.68. The van der Waals surface area contributed by atoms with Crippen molar-refractivity contribution in [3.63, 3.8) is 0 Å². The molecule has 0 heterocycles. The molecule has 0 radical (unpaired) electrons. The van der Waals surface area contributed by atoms with Crippen molar-refractivity contribution in [2.45, 2.75) is 6.92 Å². The van der Waals surface area contributed by atoms with E-state index in [-0.39, 0.29) is 11.0 Å². The molecule has 0 spiro atoms. The quantitative estimate of drug-likeness (QED) is 0.424. The normalized spacial score (nSPS) is 6.71. The van der Waals surface area contributed by atoms with Crippen LogP contribution in [0.15, 0.2) is 12.3 Å². The van der Waals surface area contributed by atoms with Crippen LogP contribution in [0.1, 0.15) is 6.92 Å². The molecule has 0 N–H and O–H groups in total. The van der Waals surface area contributed by atoms with E-state index in [1.807, 2.05) is 25.9 Å². The van der Waals surface area contributed by atoms with Gasteiger partial charge in [-0.05, 0) is 17.9 Å². The highest BCUT2D eigenvalue weighted by molar-refractivity contribution is 5.75. The van der Waals surface area contributed by atoms with Gasteiger partial charge in [-0.3, -0.25) is 0 Å². The number of allylic oxidation sites excluding steroid dienone is 1. The molecule has 0 atom stereocenters. The zero-order valence-corrected chi connectivity index (χ0v) is 4.65. The van der Waals surface area contributed by atoms with Crippen LogP contribution in [-0.2, 0) is 0 Å². The minimum atomic E-state index is 0. The van der Waals surface area contributed by atoms with Gasteiger partial charge in [0.05, 0.1) is 0 Å². The first-order valence-electron chi connectivity index (χ1n) is 1.97. The largest absolute Gasteiger partial charge is 0.382 e. The Kier molecular flexibility index (Phi) is 5.56. The highest BCUT2D eigenvalue weighted by atomic mass is 28.1. The van der Waals surface area contributed by atoms with Crippen molar-refractivity contribution in [3.05, 3.63) is 12.3 Å². The Hall–Kier alpha value is -0.243. The van der Waals surface area contributed by atoms with E-state index >= 15 is 0 Å². The lowest BCUT2D eigenvalue weighted by atomic mass is 10.5. The Bertz CT molecular complexity index is 59.1. The molecule has 0 amide bonds. The third-order valence-corrected chi connectivity index (χ3v) is 0.763. The van der Waals surface area contributed by atoms with Crippen molar-refractivity contribution >= 4 is 11.0 Å². The zero-order valence-electron chi connectivity index (χ0n) is 4.65. The second kappa shape index (κ2) is 3.93. The number of nitrogens with zero attached hydrogens (tertiary/aromatic N) is 1. The van der Waals surface area contributed by atoms with Gasteiger partial charge in [0.25, 0.3) is 0 Å². The van der Waals surface area contributed by atoms with Crippen LogP contribution in [0.3, 0.4) is 0 Å². The molecule has 0 saturated carbocycles. The maximum atomic E-state index is 3.68. The van der Waals surface area contributed by atoms with E-state index in [1.54, 1.807) is 0 Å². The van der Waals surface area contributed by atoms with Gasteiger partial charge in [0.2, 0.25) is 0 Å². The molecule has 0 aromatic heterocycles. The van der Waals surface area contributed by atoms with Gasteiger partial charge in [-0.15, -0.1) is 0 Å². The maximum Gasteiger partial charge on any atom is 0.00578 e. The molecule has 0 aliphatic heterocycles. The lowest BCUT2D eigenvalue weighted by Gasteiger charge is -2.08. The Balaban J connectivity index is 0. The summed E-state index contributed by atoms with van der Waals surface area (Å²) in [7, 11) is 3.95. The van der Waals surface area contributed by atoms with Gasteiger partial charge in [-0.25, -0.2) is 0 Å². The summed E-state index contributed by atoms with van der Waals surface area (Å²) in [5, 5.41) is 0. The third-order valence-electron chi connectivity index (χ3n) is 0.763. The average Bonchev–Trinajstić information content (AvgIpc) is 1.36. The van der Waals surface area contributed by atoms with E-state index in [1.165, 1.54) is 0 Å². The summed E-state index contributed by atoms with van der Waals surface area (Å²) in [4.78, 5) is 1.97. The van der Waals surface area contributed by atoms with Crippen molar-refractivity contribution in [2.24, 2.45) is 0 Å². The first kappa shape index (κ1) is 9.90. The minimum Gasteiger partial charge on any atom is -0.382 e. The van der Waals surface area contributed by atoms with Crippen LogP contribution < -0.4 is 0 Å². The summed E-state index contributed by atoms with van der Waals surface area (Å²) in [5.41, 5.74) is 1.09. The zero-order chi connectivity index (χ0) is 5.15. The summed E-state index contributed by atoms with van der Waals surface area (Å²) in [5.74, 6) is 0. The molecule has 0 aromatic carbocycles. The van der Waals surface area contributed by atoms with Gasteiger partial charge in [0.15, 0.2) is 0 Å². The molecule has 0 unspecified atom stereocenters. The summed E-state index contributed by atoms with van der Waals surface area (Å²) in [6, 6.07) is 0. The number of hydrogen-bond donors (Lipinski definition) is 0.